The molecule has 3 heteroatoms. The first-order chi connectivity index (χ1) is 6.11. The van der Waals surface area contributed by atoms with Gasteiger partial charge in [-0.1, -0.05) is 18.8 Å². The van der Waals surface area contributed by atoms with Crippen molar-refractivity contribution >= 4 is 5.78 Å². The zero-order chi connectivity index (χ0) is 9.90. The Morgan fingerprint density at radius 2 is 2.23 bits per heavy atom. The highest BCUT2D eigenvalue weighted by molar-refractivity contribution is 6.03. The van der Waals surface area contributed by atoms with E-state index >= 15 is 0 Å². The summed E-state index contributed by atoms with van der Waals surface area (Å²) in [5.74, 6) is 4.86. The van der Waals surface area contributed by atoms with Crippen LogP contribution in [0.2, 0.25) is 0 Å². The van der Waals surface area contributed by atoms with Crippen LogP contribution in [0.25, 0.3) is 0 Å². The fraction of sp³-hybridized carbons (Fsp3) is 0.700. The van der Waals surface area contributed by atoms with Crippen molar-refractivity contribution in [3.05, 3.63) is 0 Å². The third-order valence-electron chi connectivity index (χ3n) is 2.68. The monoisotopic (exact) mass is 180 g/mol. The lowest BCUT2D eigenvalue weighted by molar-refractivity contribution is -0.120. The van der Waals surface area contributed by atoms with E-state index in [1.807, 2.05) is 0 Å². The van der Waals surface area contributed by atoms with Gasteiger partial charge in [0.1, 0.15) is 5.54 Å². The molecule has 0 aromatic carbocycles. The van der Waals surface area contributed by atoms with Gasteiger partial charge in [0.15, 0.2) is 0 Å². The van der Waals surface area contributed by atoms with Gasteiger partial charge < -0.3 is 11.5 Å². The molecule has 1 fully saturated rings. The van der Waals surface area contributed by atoms with Gasteiger partial charge >= 0.3 is 0 Å². The van der Waals surface area contributed by atoms with Gasteiger partial charge in [0.05, 0.1) is 0 Å². The molecule has 72 valence electrons. The summed E-state index contributed by atoms with van der Waals surface area (Å²) < 4.78 is 0. The van der Waals surface area contributed by atoms with Gasteiger partial charge in [-0.15, -0.1) is 0 Å². The minimum absolute atomic E-state index is 0.206. The first kappa shape index (κ1) is 10.2. The van der Waals surface area contributed by atoms with Gasteiger partial charge in [-0.05, 0) is 25.7 Å². The number of rotatable bonds is 1. The van der Waals surface area contributed by atoms with Crippen molar-refractivity contribution in [2.45, 2.75) is 44.2 Å². The Morgan fingerprint density at radius 3 is 2.77 bits per heavy atom. The van der Waals surface area contributed by atoms with Crippen molar-refractivity contribution in [2.24, 2.45) is 11.5 Å². The minimum Gasteiger partial charge on any atom is -0.326 e. The van der Waals surface area contributed by atoms with Crippen LogP contribution in [0.1, 0.15) is 32.6 Å². The van der Waals surface area contributed by atoms with E-state index < -0.39 is 5.54 Å². The Kier molecular flexibility index (Phi) is 3.07. The fourth-order valence-corrected chi connectivity index (χ4v) is 1.74. The molecule has 0 aliphatic heterocycles. The molecule has 2 unspecified atom stereocenters. The Hall–Kier alpha value is -0.850. The molecule has 0 radical (unpaired) electrons. The maximum atomic E-state index is 11.6. The van der Waals surface area contributed by atoms with E-state index in [0.717, 1.165) is 19.3 Å². The van der Waals surface area contributed by atoms with Crippen LogP contribution in [0.4, 0.5) is 0 Å². The summed E-state index contributed by atoms with van der Waals surface area (Å²) in [4.78, 5) is 11.6. The first-order valence-corrected chi connectivity index (χ1v) is 4.63. The Bertz CT molecular complexity index is 264. The van der Waals surface area contributed by atoms with E-state index in [1.54, 1.807) is 6.92 Å². The molecule has 1 rings (SSSR count). The zero-order valence-corrected chi connectivity index (χ0v) is 7.97. The predicted octanol–water partition coefficient (Wildman–Crippen LogP) is 0.178. The van der Waals surface area contributed by atoms with Gasteiger partial charge in [0.25, 0.3) is 0 Å². The van der Waals surface area contributed by atoms with Crippen molar-refractivity contribution in [1.82, 2.24) is 0 Å². The summed E-state index contributed by atoms with van der Waals surface area (Å²) in [7, 11) is 0. The molecule has 0 bridgehead atoms. The number of ketones is 1. The Morgan fingerprint density at radius 1 is 1.54 bits per heavy atom. The summed E-state index contributed by atoms with van der Waals surface area (Å²) in [5.41, 5.74) is 10.9. The highest BCUT2D eigenvalue weighted by atomic mass is 16.1. The number of nitrogens with two attached hydrogens (primary N) is 2. The summed E-state index contributed by atoms with van der Waals surface area (Å²) in [6, 6.07) is -0.227. The molecule has 0 amide bonds. The smallest absolute Gasteiger partial charge is 0.226 e. The van der Waals surface area contributed by atoms with E-state index in [9.17, 15) is 4.79 Å². The SMILES string of the molecule is CC#CC(=O)C1(N)CCCCC1N. The van der Waals surface area contributed by atoms with Gasteiger partial charge in [-0.3, -0.25) is 4.79 Å². The standard InChI is InChI=1S/C10H16N2O/c1-2-5-9(13)10(12)7-4-3-6-8(10)11/h8H,3-4,6-7,11-12H2,1H3. The second-order valence-electron chi connectivity index (χ2n) is 3.60. The molecule has 0 spiro atoms. The second-order valence-corrected chi connectivity index (χ2v) is 3.60. The molecule has 4 N–H and O–H groups in total. The number of Topliss-reactive ketones (excluding diaryl/α,β-unsaturated/α-hetero) is 1. The van der Waals surface area contributed by atoms with Crippen LogP contribution >= 0.6 is 0 Å². The molecule has 0 heterocycles. The quantitative estimate of drug-likeness (QED) is 0.446. The third-order valence-corrected chi connectivity index (χ3v) is 2.68. The van der Waals surface area contributed by atoms with E-state index in [-0.39, 0.29) is 11.8 Å². The zero-order valence-electron chi connectivity index (χ0n) is 7.97. The largest absolute Gasteiger partial charge is 0.326 e. The van der Waals surface area contributed by atoms with Crippen LogP contribution < -0.4 is 11.5 Å². The van der Waals surface area contributed by atoms with Gasteiger partial charge in [0, 0.05) is 6.04 Å². The van der Waals surface area contributed by atoms with Crippen LogP contribution in [0.5, 0.6) is 0 Å². The minimum atomic E-state index is -0.888. The number of carbonyl (C=O) groups is 1. The first-order valence-electron chi connectivity index (χ1n) is 4.63. The molecular formula is C10H16N2O. The van der Waals surface area contributed by atoms with Crippen LogP contribution in [0.15, 0.2) is 0 Å². The number of hydrogen-bond donors (Lipinski definition) is 2. The lowest BCUT2D eigenvalue weighted by Gasteiger charge is -2.35. The van der Waals surface area contributed by atoms with Crippen molar-refractivity contribution in [2.75, 3.05) is 0 Å². The molecule has 0 aromatic heterocycles. The molecule has 3 nitrogen and oxygen atoms in total. The van der Waals surface area contributed by atoms with Crippen LogP contribution in [-0.2, 0) is 4.79 Å². The average molecular weight is 180 g/mol. The van der Waals surface area contributed by atoms with Gasteiger partial charge in [0.2, 0.25) is 5.78 Å². The van der Waals surface area contributed by atoms with Gasteiger partial charge in [-0.25, -0.2) is 0 Å². The van der Waals surface area contributed by atoms with E-state index in [4.69, 9.17) is 11.5 Å². The summed E-state index contributed by atoms with van der Waals surface area (Å²) >= 11 is 0. The van der Waals surface area contributed by atoms with Crippen molar-refractivity contribution in [1.29, 1.82) is 0 Å². The lowest BCUT2D eigenvalue weighted by Crippen LogP contribution is -2.61. The molecular weight excluding hydrogens is 164 g/mol. The Labute approximate surface area is 78.9 Å². The second kappa shape index (κ2) is 3.91. The van der Waals surface area contributed by atoms with E-state index in [1.165, 1.54) is 0 Å². The highest BCUT2D eigenvalue weighted by Gasteiger charge is 2.40. The number of carbonyl (C=O) groups excluding carboxylic acids is 1. The van der Waals surface area contributed by atoms with Gasteiger partial charge in [-0.2, -0.15) is 0 Å². The van der Waals surface area contributed by atoms with Crippen molar-refractivity contribution in [3.8, 4) is 11.8 Å². The van der Waals surface area contributed by atoms with Crippen LogP contribution in [-0.4, -0.2) is 17.4 Å². The van der Waals surface area contributed by atoms with Crippen molar-refractivity contribution < 1.29 is 4.79 Å². The summed E-state index contributed by atoms with van der Waals surface area (Å²) in [5, 5.41) is 0. The molecule has 1 aliphatic carbocycles. The molecule has 2 atom stereocenters. The number of hydrogen-bond acceptors (Lipinski definition) is 3. The lowest BCUT2D eigenvalue weighted by atomic mass is 9.76. The van der Waals surface area contributed by atoms with Crippen LogP contribution in [0, 0.1) is 11.8 Å². The van der Waals surface area contributed by atoms with Crippen LogP contribution in [0.3, 0.4) is 0 Å². The average Bonchev–Trinajstić information content (AvgIpc) is 2.11. The van der Waals surface area contributed by atoms with E-state index in [0.29, 0.717) is 6.42 Å². The highest BCUT2D eigenvalue weighted by Crippen LogP contribution is 2.25. The normalized spacial score (nSPS) is 33.3. The molecule has 0 saturated heterocycles. The Balaban J connectivity index is 2.81. The molecule has 1 aliphatic rings. The maximum absolute atomic E-state index is 11.6. The van der Waals surface area contributed by atoms with Crippen molar-refractivity contribution in [3.63, 3.8) is 0 Å². The molecule has 0 aromatic rings. The maximum Gasteiger partial charge on any atom is 0.226 e. The molecule has 1 saturated carbocycles. The fourth-order valence-electron chi connectivity index (χ4n) is 1.74. The topological polar surface area (TPSA) is 69.1 Å². The third kappa shape index (κ3) is 1.90. The van der Waals surface area contributed by atoms with E-state index in [2.05, 4.69) is 11.8 Å². The summed E-state index contributed by atoms with van der Waals surface area (Å²) in [6.07, 6.45) is 3.53. The molecule has 13 heavy (non-hydrogen) atoms. The predicted molar refractivity (Wildman–Crippen MR) is 51.8 cm³/mol. The summed E-state index contributed by atoms with van der Waals surface area (Å²) in [6.45, 7) is 1.63.